The fourth-order valence-electron chi connectivity index (χ4n) is 6.60. The summed E-state index contributed by atoms with van der Waals surface area (Å²) in [5.41, 5.74) is 5.94. The standard InChI is InChI=1S/C48H48O10/c1-32(2)46(51)55-30-53-42-18-10-36(34(5)28-42)12-24-44(49)57-40-20-14-38(15-21-40)48(26-8-7-9-27-48)39-16-22-41(23-17-39)58-45(50)25-13-37-11-19-43(29-35(37)6)54-31-56-47(52)33(3)4/h10-25,28-29H,1,3,7-9,26-27,30-31H2,2,4-6H3. The van der Waals surface area contributed by atoms with Crippen LogP contribution >= 0.6 is 0 Å². The Morgan fingerprint density at radius 1 is 0.569 bits per heavy atom. The summed E-state index contributed by atoms with van der Waals surface area (Å²) < 4.78 is 32.2. The number of esters is 4. The zero-order chi connectivity index (χ0) is 41.7. The summed E-state index contributed by atoms with van der Waals surface area (Å²) in [6, 6.07) is 26.0. The third-order valence-corrected chi connectivity index (χ3v) is 9.77. The van der Waals surface area contributed by atoms with Gasteiger partial charge < -0.3 is 28.4 Å². The zero-order valence-electron chi connectivity index (χ0n) is 33.3. The number of rotatable bonds is 16. The molecule has 10 heteroatoms. The molecule has 300 valence electrons. The molecule has 0 N–H and O–H groups in total. The van der Waals surface area contributed by atoms with Crippen LogP contribution in [0.25, 0.3) is 12.2 Å². The van der Waals surface area contributed by atoms with Gasteiger partial charge in [0.1, 0.15) is 23.0 Å². The van der Waals surface area contributed by atoms with Gasteiger partial charge in [-0.2, -0.15) is 0 Å². The molecule has 0 radical (unpaired) electrons. The topological polar surface area (TPSA) is 124 Å². The molecule has 1 fully saturated rings. The minimum absolute atomic E-state index is 0.230. The summed E-state index contributed by atoms with van der Waals surface area (Å²) in [7, 11) is 0. The van der Waals surface area contributed by atoms with E-state index in [1.54, 1.807) is 62.4 Å². The van der Waals surface area contributed by atoms with Gasteiger partial charge in [0.2, 0.25) is 13.6 Å². The highest BCUT2D eigenvalue weighted by molar-refractivity contribution is 5.90. The number of carbonyl (C=O) groups is 4. The first kappa shape index (κ1) is 42.5. The summed E-state index contributed by atoms with van der Waals surface area (Å²) in [4.78, 5) is 48.6. The van der Waals surface area contributed by atoms with Crippen molar-refractivity contribution in [1.29, 1.82) is 0 Å². The molecule has 0 aromatic heterocycles. The van der Waals surface area contributed by atoms with Crippen LogP contribution in [0.5, 0.6) is 23.0 Å². The molecule has 4 aromatic carbocycles. The third kappa shape index (κ3) is 11.7. The molecule has 0 atom stereocenters. The Bertz CT molecular complexity index is 2050. The van der Waals surface area contributed by atoms with E-state index in [0.717, 1.165) is 65.5 Å². The van der Waals surface area contributed by atoms with Crippen molar-refractivity contribution in [3.63, 3.8) is 0 Å². The first-order valence-electron chi connectivity index (χ1n) is 19.0. The van der Waals surface area contributed by atoms with Gasteiger partial charge in [0.25, 0.3) is 0 Å². The number of aryl methyl sites for hydroxylation is 2. The summed E-state index contributed by atoms with van der Waals surface area (Å²) in [6.45, 7) is 13.5. The molecule has 0 aliphatic heterocycles. The number of hydrogen-bond donors (Lipinski definition) is 0. The van der Waals surface area contributed by atoms with Crippen molar-refractivity contribution >= 4 is 36.0 Å². The Labute approximate surface area is 339 Å². The summed E-state index contributed by atoms with van der Waals surface area (Å²) in [5.74, 6) is -0.150. The Morgan fingerprint density at radius 2 is 0.948 bits per heavy atom. The molecule has 58 heavy (non-hydrogen) atoms. The fourth-order valence-corrected chi connectivity index (χ4v) is 6.60. The van der Waals surface area contributed by atoms with Crippen LogP contribution in [0.15, 0.2) is 121 Å². The van der Waals surface area contributed by atoms with Crippen LogP contribution in [0.1, 0.15) is 79.3 Å². The van der Waals surface area contributed by atoms with Crippen molar-refractivity contribution in [2.45, 2.75) is 65.2 Å². The number of benzene rings is 4. The highest BCUT2D eigenvalue weighted by Crippen LogP contribution is 2.45. The van der Waals surface area contributed by atoms with Crippen LogP contribution in [0.3, 0.4) is 0 Å². The molecule has 0 bridgehead atoms. The molecule has 0 saturated heterocycles. The molecule has 1 aliphatic rings. The SMILES string of the molecule is C=C(C)C(=O)OCOc1ccc(C=CC(=O)Oc2ccc(C3(c4ccc(OC(=O)C=Cc5ccc(OCOC(=O)C(=C)C)cc5C)cc4)CCCCC3)cc2)c(C)c1. The van der Waals surface area contributed by atoms with E-state index in [0.29, 0.717) is 34.1 Å². The Hall–Kier alpha value is -6.68. The predicted molar refractivity (Wildman–Crippen MR) is 221 cm³/mol. The van der Waals surface area contributed by atoms with E-state index in [2.05, 4.69) is 13.2 Å². The normalized spacial score (nSPS) is 13.4. The smallest absolute Gasteiger partial charge is 0.336 e. The Morgan fingerprint density at radius 3 is 1.31 bits per heavy atom. The van der Waals surface area contributed by atoms with Crippen LogP contribution in [-0.4, -0.2) is 37.5 Å². The second-order valence-corrected chi connectivity index (χ2v) is 14.2. The van der Waals surface area contributed by atoms with Crippen molar-refractivity contribution in [2.75, 3.05) is 13.6 Å². The van der Waals surface area contributed by atoms with Crippen LogP contribution in [0.4, 0.5) is 0 Å². The average molecular weight is 785 g/mol. The molecule has 4 aromatic rings. The maximum Gasteiger partial charge on any atom is 0.336 e. The molecule has 0 amide bonds. The van der Waals surface area contributed by atoms with Gasteiger partial charge in [-0.3, -0.25) is 0 Å². The largest absolute Gasteiger partial charge is 0.457 e. The quantitative estimate of drug-likeness (QED) is 0.0470. The average Bonchev–Trinajstić information content (AvgIpc) is 3.20. The molecular weight excluding hydrogens is 737 g/mol. The van der Waals surface area contributed by atoms with Crippen LogP contribution in [0, 0.1) is 13.8 Å². The number of carbonyl (C=O) groups excluding carboxylic acids is 4. The van der Waals surface area contributed by atoms with Gasteiger partial charge in [-0.05, 0) is 135 Å². The summed E-state index contributed by atoms with van der Waals surface area (Å²) in [5, 5.41) is 0. The number of hydrogen-bond acceptors (Lipinski definition) is 10. The second-order valence-electron chi connectivity index (χ2n) is 14.2. The lowest BCUT2D eigenvalue weighted by Crippen LogP contribution is -2.30. The van der Waals surface area contributed by atoms with Gasteiger partial charge >= 0.3 is 23.9 Å². The third-order valence-electron chi connectivity index (χ3n) is 9.77. The van der Waals surface area contributed by atoms with E-state index in [1.807, 2.05) is 62.4 Å². The van der Waals surface area contributed by atoms with Gasteiger partial charge in [-0.1, -0.05) is 68.8 Å². The molecule has 5 rings (SSSR count). The van der Waals surface area contributed by atoms with Gasteiger partial charge in [-0.25, -0.2) is 19.2 Å². The lowest BCUT2D eigenvalue weighted by atomic mass is 9.65. The lowest BCUT2D eigenvalue weighted by Gasteiger charge is -2.38. The first-order valence-corrected chi connectivity index (χ1v) is 19.0. The zero-order valence-corrected chi connectivity index (χ0v) is 33.3. The van der Waals surface area contributed by atoms with Crippen molar-refractivity contribution in [1.82, 2.24) is 0 Å². The van der Waals surface area contributed by atoms with Crippen molar-refractivity contribution in [2.24, 2.45) is 0 Å². The van der Waals surface area contributed by atoms with E-state index in [-0.39, 0.29) is 19.0 Å². The van der Waals surface area contributed by atoms with Crippen molar-refractivity contribution in [3.8, 4) is 23.0 Å². The van der Waals surface area contributed by atoms with Crippen molar-refractivity contribution < 1.29 is 47.6 Å². The van der Waals surface area contributed by atoms with Gasteiger partial charge in [0.15, 0.2) is 0 Å². The predicted octanol–water partition coefficient (Wildman–Crippen LogP) is 9.70. The second kappa shape index (κ2) is 20.0. The summed E-state index contributed by atoms with van der Waals surface area (Å²) >= 11 is 0. The minimum atomic E-state index is -0.526. The van der Waals surface area contributed by atoms with Crippen LogP contribution < -0.4 is 18.9 Å². The van der Waals surface area contributed by atoms with E-state index in [4.69, 9.17) is 28.4 Å². The van der Waals surface area contributed by atoms with Crippen LogP contribution in [-0.2, 0) is 34.1 Å². The number of ether oxygens (including phenoxy) is 6. The van der Waals surface area contributed by atoms with E-state index in [1.165, 1.54) is 12.2 Å². The van der Waals surface area contributed by atoms with E-state index >= 15 is 0 Å². The maximum atomic E-state index is 12.8. The molecule has 1 aliphatic carbocycles. The Balaban J connectivity index is 1.16. The molecule has 0 spiro atoms. The monoisotopic (exact) mass is 784 g/mol. The molecule has 10 nitrogen and oxygen atoms in total. The van der Waals surface area contributed by atoms with Gasteiger partial charge in [0.05, 0.1) is 0 Å². The lowest BCUT2D eigenvalue weighted by molar-refractivity contribution is -0.146. The molecule has 0 heterocycles. The van der Waals surface area contributed by atoms with Crippen LogP contribution in [0.2, 0.25) is 0 Å². The van der Waals surface area contributed by atoms with E-state index in [9.17, 15) is 19.2 Å². The molecule has 0 unspecified atom stereocenters. The minimum Gasteiger partial charge on any atom is -0.457 e. The maximum absolute atomic E-state index is 12.8. The molecule has 1 saturated carbocycles. The Kier molecular flexibility index (Phi) is 14.6. The van der Waals surface area contributed by atoms with Gasteiger partial charge in [-0.15, -0.1) is 0 Å². The van der Waals surface area contributed by atoms with Gasteiger partial charge in [0, 0.05) is 28.7 Å². The molecular formula is C48H48O10. The highest BCUT2D eigenvalue weighted by Gasteiger charge is 2.35. The van der Waals surface area contributed by atoms with Crippen molar-refractivity contribution in [3.05, 3.63) is 155 Å². The van der Waals surface area contributed by atoms with E-state index < -0.39 is 23.9 Å². The first-order chi connectivity index (χ1) is 27.8. The fraction of sp³-hybridized carbons (Fsp3) is 0.250. The summed E-state index contributed by atoms with van der Waals surface area (Å²) in [6.07, 6.45) is 11.3. The highest BCUT2D eigenvalue weighted by atomic mass is 16.7.